The number of nitrogens with one attached hydrogen (secondary N) is 2. The molecule has 0 aliphatic carbocycles. The molecule has 1 fully saturated rings. The average Bonchev–Trinajstić information content (AvgIpc) is 2.37. The number of amides is 1. The highest BCUT2D eigenvalue weighted by Crippen LogP contribution is 2.06. The van der Waals surface area contributed by atoms with Gasteiger partial charge in [0.15, 0.2) is 0 Å². The maximum absolute atomic E-state index is 11.9. The molecular formula is C13H25N3O3. The number of methoxy groups -OCH3 is 1. The molecular weight excluding hydrogens is 246 g/mol. The summed E-state index contributed by atoms with van der Waals surface area (Å²) in [4.78, 5) is 25.6. The molecule has 1 amide bonds. The van der Waals surface area contributed by atoms with Crippen LogP contribution in [-0.4, -0.2) is 62.7 Å². The molecule has 2 N–H and O–H groups in total. The fraction of sp³-hybridized carbons (Fsp3) is 0.846. The summed E-state index contributed by atoms with van der Waals surface area (Å²) >= 11 is 0. The van der Waals surface area contributed by atoms with Gasteiger partial charge in [0, 0.05) is 26.2 Å². The van der Waals surface area contributed by atoms with Crippen molar-refractivity contribution in [2.24, 2.45) is 5.92 Å². The second kappa shape index (κ2) is 8.12. The molecule has 0 aromatic rings. The van der Waals surface area contributed by atoms with E-state index in [2.05, 4.69) is 15.5 Å². The van der Waals surface area contributed by atoms with Gasteiger partial charge in [-0.1, -0.05) is 13.8 Å². The first kappa shape index (κ1) is 15.9. The lowest BCUT2D eigenvalue weighted by Crippen LogP contribution is -2.50. The number of piperazine rings is 1. The van der Waals surface area contributed by atoms with Gasteiger partial charge < -0.3 is 15.4 Å². The number of hydrogen-bond donors (Lipinski definition) is 2. The van der Waals surface area contributed by atoms with Crippen LogP contribution in [0.15, 0.2) is 0 Å². The molecule has 0 unspecified atom stereocenters. The fourth-order valence-electron chi connectivity index (χ4n) is 2.14. The van der Waals surface area contributed by atoms with Crippen LogP contribution in [0.25, 0.3) is 0 Å². The highest BCUT2D eigenvalue weighted by atomic mass is 16.5. The average molecular weight is 271 g/mol. The molecule has 0 aromatic carbocycles. The van der Waals surface area contributed by atoms with Crippen molar-refractivity contribution in [3.8, 4) is 0 Å². The smallest absolute Gasteiger partial charge is 0.328 e. The number of carbonyl (C=O) groups is 2. The molecule has 1 rings (SSSR count). The number of rotatable bonds is 6. The SMILES string of the molecule is COC(=O)[C@H](CC(C)C)NC(=O)CN1CCNCC1. The van der Waals surface area contributed by atoms with E-state index in [4.69, 9.17) is 4.74 Å². The van der Waals surface area contributed by atoms with E-state index in [1.807, 2.05) is 13.8 Å². The van der Waals surface area contributed by atoms with Gasteiger partial charge in [-0.3, -0.25) is 9.69 Å². The zero-order chi connectivity index (χ0) is 14.3. The van der Waals surface area contributed by atoms with Crippen LogP contribution < -0.4 is 10.6 Å². The maximum atomic E-state index is 11.9. The maximum Gasteiger partial charge on any atom is 0.328 e. The van der Waals surface area contributed by atoms with Crippen molar-refractivity contribution in [3.63, 3.8) is 0 Å². The molecule has 6 nitrogen and oxygen atoms in total. The second-order valence-corrected chi connectivity index (χ2v) is 5.30. The second-order valence-electron chi connectivity index (χ2n) is 5.30. The van der Waals surface area contributed by atoms with E-state index >= 15 is 0 Å². The monoisotopic (exact) mass is 271 g/mol. The normalized spacial score (nSPS) is 18.1. The molecule has 1 aliphatic rings. The van der Waals surface area contributed by atoms with Crippen molar-refractivity contribution in [1.82, 2.24) is 15.5 Å². The lowest BCUT2D eigenvalue weighted by molar-refractivity contribution is -0.145. The molecule has 1 saturated heterocycles. The van der Waals surface area contributed by atoms with E-state index in [1.54, 1.807) is 0 Å². The largest absolute Gasteiger partial charge is 0.467 e. The quantitative estimate of drug-likeness (QED) is 0.643. The molecule has 1 atom stereocenters. The van der Waals surface area contributed by atoms with E-state index in [1.165, 1.54) is 7.11 Å². The summed E-state index contributed by atoms with van der Waals surface area (Å²) in [5, 5.41) is 6.01. The summed E-state index contributed by atoms with van der Waals surface area (Å²) in [5.74, 6) is -0.163. The van der Waals surface area contributed by atoms with E-state index in [9.17, 15) is 9.59 Å². The Morgan fingerprint density at radius 1 is 1.32 bits per heavy atom. The Morgan fingerprint density at radius 2 is 1.95 bits per heavy atom. The Kier molecular flexibility index (Phi) is 6.80. The third-order valence-corrected chi connectivity index (χ3v) is 3.10. The van der Waals surface area contributed by atoms with Gasteiger partial charge in [0.25, 0.3) is 0 Å². The molecule has 0 saturated carbocycles. The molecule has 0 radical (unpaired) electrons. The van der Waals surface area contributed by atoms with Gasteiger partial charge >= 0.3 is 5.97 Å². The summed E-state index contributed by atoms with van der Waals surface area (Å²) < 4.78 is 4.73. The Balaban J connectivity index is 2.43. The zero-order valence-corrected chi connectivity index (χ0v) is 12.1. The Labute approximate surface area is 114 Å². The highest BCUT2D eigenvalue weighted by molar-refractivity contribution is 5.85. The van der Waals surface area contributed by atoms with E-state index < -0.39 is 6.04 Å². The molecule has 1 aliphatic heterocycles. The minimum atomic E-state index is -0.541. The summed E-state index contributed by atoms with van der Waals surface area (Å²) in [7, 11) is 1.35. The van der Waals surface area contributed by atoms with Crippen molar-refractivity contribution >= 4 is 11.9 Å². The zero-order valence-electron chi connectivity index (χ0n) is 12.1. The first-order valence-electron chi connectivity index (χ1n) is 6.83. The molecule has 19 heavy (non-hydrogen) atoms. The first-order chi connectivity index (χ1) is 9.02. The molecule has 0 aromatic heterocycles. The van der Waals surface area contributed by atoms with Crippen LogP contribution in [0.2, 0.25) is 0 Å². The van der Waals surface area contributed by atoms with Crippen molar-refractivity contribution in [1.29, 1.82) is 0 Å². The third-order valence-electron chi connectivity index (χ3n) is 3.10. The Hall–Kier alpha value is -1.14. The van der Waals surface area contributed by atoms with E-state index in [-0.39, 0.29) is 11.9 Å². The van der Waals surface area contributed by atoms with Gasteiger partial charge in [-0.15, -0.1) is 0 Å². The van der Waals surface area contributed by atoms with Crippen LogP contribution in [0.5, 0.6) is 0 Å². The first-order valence-corrected chi connectivity index (χ1v) is 6.83. The summed E-state index contributed by atoms with van der Waals surface area (Å²) in [6.07, 6.45) is 0.597. The van der Waals surface area contributed by atoms with Crippen molar-refractivity contribution in [3.05, 3.63) is 0 Å². The number of esters is 1. The Bertz CT molecular complexity index is 302. The van der Waals surface area contributed by atoms with Crippen LogP contribution in [0.1, 0.15) is 20.3 Å². The predicted molar refractivity (Wildman–Crippen MR) is 72.7 cm³/mol. The van der Waals surface area contributed by atoms with E-state index in [0.29, 0.717) is 18.9 Å². The van der Waals surface area contributed by atoms with Gasteiger partial charge in [0.2, 0.25) is 5.91 Å². The van der Waals surface area contributed by atoms with Crippen LogP contribution in [0.3, 0.4) is 0 Å². The lowest BCUT2D eigenvalue weighted by Gasteiger charge is -2.27. The topological polar surface area (TPSA) is 70.7 Å². The number of nitrogens with zero attached hydrogens (tertiary/aromatic N) is 1. The van der Waals surface area contributed by atoms with Crippen LogP contribution >= 0.6 is 0 Å². The minimum Gasteiger partial charge on any atom is -0.467 e. The molecule has 0 spiro atoms. The van der Waals surface area contributed by atoms with Crippen molar-refractivity contribution in [2.75, 3.05) is 39.8 Å². The molecule has 1 heterocycles. The van der Waals surface area contributed by atoms with Crippen LogP contribution in [0, 0.1) is 5.92 Å². The summed E-state index contributed by atoms with van der Waals surface area (Å²) in [6, 6.07) is -0.541. The summed E-state index contributed by atoms with van der Waals surface area (Å²) in [6.45, 7) is 7.89. The predicted octanol–water partition coefficient (Wildman–Crippen LogP) is -0.404. The standard InChI is InChI=1S/C13H25N3O3/c1-10(2)8-11(13(18)19-3)15-12(17)9-16-6-4-14-5-7-16/h10-11,14H,4-9H2,1-3H3,(H,15,17)/t11-/m0/s1. The summed E-state index contributed by atoms with van der Waals surface area (Å²) in [5.41, 5.74) is 0. The van der Waals surface area contributed by atoms with E-state index in [0.717, 1.165) is 26.2 Å². The third kappa shape index (κ3) is 6.02. The fourth-order valence-corrected chi connectivity index (χ4v) is 2.14. The van der Waals surface area contributed by atoms with Crippen molar-refractivity contribution < 1.29 is 14.3 Å². The van der Waals surface area contributed by atoms with Crippen LogP contribution in [0.4, 0.5) is 0 Å². The van der Waals surface area contributed by atoms with Gasteiger partial charge in [-0.05, 0) is 12.3 Å². The van der Waals surface area contributed by atoms with Gasteiger partial charge in [0.1, 0.15) is 6.04 Å². The molecule has 0 bridgehead atoms. The van der Waals surface area contributed by atoms with Crippen LogP contribution in [-0.2, 0) is 14.3 Å². The Morgan fingerprint density at radius 3 is 2.47 bits per heavy atom. The molecule has 110 valence electrons. The molecule has 6 heteroatoms. The number of hydrogen-bond acceptors (Lipinski definition) is 5. The lowest BCUT2D eigenvalue weighted by atomic mass is 10.0. The van der Waals surface area contributed by atoms with Gasteiger partial charge in [-0.25, -0.2) is 4.79 Å². The van der Waals surface area contributed by atoms with Crippen molar-refractivity contribution in [2.45, 2.75) is 26.3 Å². The number of carbonyl (C=O) groups excluding carboxylic acids is 2. The number of ether oxygens (including phenoxy) is 1. The van der Waals surface area contributed by atoms with Gasteiger partial charge in [0.05, 0.1) is 13.7 Å². The van der Waals surface area contributed by atoms with Gasteiger partial charge in [-0.2, -0.15) is 0 Å². The minimum absolute atomic E-state index is 0.113. The highest BCUT2D eigenvalue weighted by Gasteiger charge is 2.23.